The van der Waals surface area contributed by atoms with E-state index in [4.69, 9.17) is 4.43 Å². The highest BCUT2D eigenvalue weighted by Crippen LogP contribution is 2.16. The number of carbonyl (C=O) groups is 1. The average Bonchev–Trinajstić information content (AvgIpc) is 2.03. The van der Waals surface area contributed by atoms with E-state index in [2.05, 4.69) is 35.9 Å². The monoisotopic (exact) mass is 280 g/mol. The summed E-state index contributed by atoms with van der Waals surface area (Å²) in [4.78, 5) is 12.0. The molecule has 0 saturated heterocycles. The lowest BCUT2D eigenvalue weighted by molar-refractivity contribution is -0.118. The van der Waals surface area contributed by atoms with Crippen molar-refractivity contribution in [2.45, 2.75) is 52.3 Å². The first-order chi connectivity index (χ1) is 6.41. The zero-order chi connectivity index (χ0) is 11.2. The maximum atomic E-state index is 11.0. The first-order valence-electron chi connectivity index (χ1n) is 5.14. The fraction of sp³-hybridized carbons (Fsp3) is 0.900. The summed E-state index contributed by atoms with van der Waals surface area (Å²) >= 11 is 3.47. The second-order valence-corrected chi connectivity index (χ2v) is 10.0. The predicted octanol–water partition coefficient (Wildman–Crippen LogP) is 3.29. The van der Waals surface area contributed by atoms with Crippen LogP contribution in [-0.2, 0) is 9.22 Å². The molecule has 0 aliphatic rings. The van der Waals surface area contributed by atoms with Gasteiger partial charge in [0.1, 0.15) is 5.78 Å². The summed E-state index contributed by atoms with van der Waals surface area (Å²) in [5.41, 5.74) is 0. The average molecular weight is 281 g/mol. The summed E-state index contributed by atoms with van der Waals surface area (Å²) in [5, 5.41) is 0. The fourth-order valence-corrected chi connectivity index (χ4v) is 2.89. The summed E-state index contributed by atoms with van der Waals surface area (Å²) < 4.78 is 6.01. The standard InChI is InChI=1S/C10H21BrO2Si/c1-5-6-10(7-9(2)12)13-14(3,4)8-11/h10H,5-8H2,1-4H3. The molecule has 0 heterocycles. The van der Waals surface area contributed by atoms with Gasteiger partial charge >= 0.3 is 0 Å². The van der Waals surface area contributed by atoms with Crippen LogP contribution in [0.25, 0.3) is 0 Å². The molecule has 0 aromatic heterocycles. The van der Waals surface area contributed by atoms with E-state index in [0.29, 0.717) is 6.42 Å². The minimum absolute atomic E-state index is 0.136. The van der Waals surface area contributed by atoms with Gasteiger partial charge in [-0.2, -0.15) is 0 Å². The van der Waals surface area contributed by atoms with Gasteiger partial charge in [0.2, 0.25) is 0 Å². The Kier molecular flexibility index (Phi) is 6.90. The van der Waals surface area contributed by atoms with Gasteiger partial charge < -0.3 is 4.43 Å². The third kappa shape index (κ3) is 6.73. The maximum absolute atomic E-state index is 11.0. The Morgan fingerprint density at radius 1 is 1.50 bits per heavy atom. The SMILES string of the molecule is CCCC(CC(C)=O)O[Si](C)(C)CBr. The van der Waals surface area contributed by atoms with Crippen molar-refractivity contribution >= 4 is 30.0 Å². The molecule has 0 aliphatic carbocycles. The van der Waals surface area contributed by atoms with Crippen molar-refractivity contribution in [1.82, 2.24) is 0 Å². The largest absolute Gasteiger partial charge is 0.413 e. The Bertz CT molecular complexity index is 183. The van der Waals surface area contributed by atoms with Crippen LogP contribution in [0.1, 0.15) is 33.1 Å². The summed E-state index contributed by atoms with van der Waals surface area (Å²) in [7, 11) is -1.58. The van der Waals surface area contributed by atoms with Crippen LogP contribution in [0.3, 0.4) is 0 Å². The molecule has 0 aromatic carbocycles. The van der Waals surface area contributed by atoms with Gasteiger partial charge in [-0.05, 0) is 26.4 Å². The fourth-order valence-electron chi connectivity index (χ4n) is 1.33. The molecule has 0 bridgehead atoms. The Morgan fingerprint density at radius 2 is 2.07 bits per heavy atom. The molecule has 0 radical (unpaired) electrons. The van der Waals surface area contributed by atoms with Gasteiger partial charge in [0, 0.05) is 11.4 Å². The highest BCUT2D eigenvalue weighted by molar-refractivity contribution is 9.09. The van der Waals surface area contributed by atoms with Crippen LogP contribution in [0, 0.1) is 0 Å². The molecule has 0 fully saturated rings. The normalized spacial score (nSPS) is 14.1. The third-order valence-corrected chi connectivity index (χ3v) is 7.60. The highest BCUT2D eigenvalue weighted by atomic mass is 79.9. The summed E-state index contributed by atoms with van der Waals surface area (Å²) in [6.45, 7) is 8.10. The Labute approximate surface area is 96.7 Å². The molecule has 1 unspecified atom stereocenters. The number of Topliss-reactive ketones (excluding diaryl/α,β-unsaturated/α-hetero) is 1. The van der Waals surface area contributed by atoms with Crippen LogP contribution in [0.15, 0.2) is 0 Å². The molecule has 0 N–H and O–H groups in total. The van der Waals surface area contributed by atoms with Gasteiger partial charge in [-0.3, -0.25) is 4.79 Å². The van der Waals surface area contributed by atoms with Crippen molar-refractivity contribution in [3.8, 4) is 0 Å². The first kappa shape index (κ1) is 14.3. The van der Waals surface area contributed by atoms with E-state index < -0.39 is 8.32 Å². The van der Waals surface area contributed by atoms with E-state index in [1.54, 1.807) is 6.92 Å². The lowest BCUT2D eigenvalue weighted by Gasteiger charge is -2.27. The van der Waals surface area contributed by atoms with Crippen LogP contribution in [0.2, 0.25) is 13.1 Å². The second kappa shape index (κ2) is 6.75. The summed E-state index contributed by atoms with van der Waals surface area (Å²) in [5.74, 6) is 0.225. The zero-order valence-electron chi connectivity index (χ0n) is 9.60. The van der Waals surface area contributed by atoms with Gasteiger partial charge in [0.15, 0.2) is 8.32 Å². The van der Waals surface area contributed by atoms with Crippen molar-refractivity contribution in [3.63, 3.8) is 0 Å². The smallest absolute Gasteiger partial charge is 0.197 e. The number of hydrogen-bond donors (Lipinski definition) is 0. The number of halogens is 1. The number of alkyl halides is 1. The van der Waals surface area contributed by atoms with E-state index in [9.17, 15) is 4.79 Å². The van der Waals surface area contributed by atoms with Crippen LogP contribution in [-0.4, -0.2) is 25.2 Å². The minimum atomic E-state index is -1.58. The topological polar surface area (TPSA) is 26.3 Å². The van der Waals surface area contributed by atoms with Crippen molar-refractivity contribution in [2.75, 3.05) is 4.95 Å². The quantitative estimate of drug-likeness (QED) is 0.529. The Hall–Kier alpha value is 0.327. The molecule has 0 rings (SSSR count). The molecule has 2 nitrogen and oxygen atoms in total. The number of carbonyl (C=O) groups excluding carboxylic acids is 1. The van der Waals surface area contributed by atoms with Crippen molar-refractivity contribution in [1.29, 1.82) is 0 Å². The van der Waals surface area contributed by atoms with Crippen LogP contribution in [0.4, 0.5) is 0 Å². The molecule has 0 aromatic rings. The molecule has 1 atom stereocenters. The summed E-state index contributed by atoms with van der Waals surface area (Å²) in [6.07, 6.45) is 2.77. The van der Waals surface area contributed by atoms with Gasteiger partial charge in [-0.15, -0.1) is 0 Å². The van der Waals surface area contributed by atoms with Crippen molar-refractivity contribution < 1.29 is 9.22 Å². The van der Waals surface area contributed by atoms with E-state index >= 15 is 0 Å². The molecule has 14 heavy (non-hydrogen) atoms. The van der Waals surface area contributed by atoms with Gasteiger partial charge in [-0.1, -0.05) is 29.3 Å². The number of hydrogen-bond acceptors (Lipinski definition) is 2. The molecular formula is C10H21BrO2Si. The van der Waals surface area contributed by atoms with Crippen LogP contribution >= 0.6 is 15.9 Å². The van der Waals surface area contributed by atoms with E-state index in [0.717, 1.165) is 17.8 Å². The lowest BCUT2D eigenvalue weighted by atomic mass is 10.1. The van der Waals surface area contributed by atoms with Crippen molar-refractivity contribution in [3.05, 3.63) is 0 Å². The van der Waals surface area contributed by atoms with Crippen molar-refractivity contribution in [2.24, 2.45) is 0 Å². The summed E-state index contributed by atoms with van der Waals surface area (Å²) in [6, 6.07) is 0. The van der Waals surface area contributed by atoms with Crippen LogP contribution < -0.4 is 0 Å². The van der Waals surface area contributed by atoms with E-state index in [-0.39, 0.29) is 11.9 Å². The minimum Gasteiger partial charge on any atom is -0.413 e. The third-order valence-electron chi connectivity index (χ3n) is 1.93. The lowest BCUT2D eigenvalue weighted by Crippen LogP contribution is -2.38. The second-order valence-electron chi connectivity index (χ2n) is 4.33. The molecule has 4 heteroatoms. The van der Waals surface area contributed by atoms with Gasteiger partial charge in [0.25, 0.3) is 0 Å². The molecule has 0 spiro atoms. The number of rotatable bonds is 7. The maximum Gasteiger partial charge on any atom is 0.197 e. The van der Waals surface area contributed by atoms with Crippen LogP contribution in [0.5, 0.6) is 0 Å². The van der Waals surface area contributed by atoms with E-state index in [1.165, 1.54) is 0 Å². The van der Waals surface area contributed by atoms with Gasteiger partial charge in [-0.25, -0.2) is 0 Å². The first-order valence-corrected chi connectivity index (χ1v) is 9.38. The zero-order valence-corrected chi connectivity index (χ0v) is 12.2. The molecular weight excluding hydrogens is 260 g/mol. The predicted molar refractivity (Wildman–Crippen MR) is 66.4 cm³/mol. The van der Waals surface area contributed by atoms with Gasteiger partial charge in [0.05, 0.1) is 6.10 Å². The molecule has 0 amide bonds. The molecule has 84 valence electrons. The molecule has 0 saturated carbocycles. The highest BCUT2D eigenvalue weighted by Gasteiger charge is 2.25. The Morgan fingerprint density at radius 3 is 2.43 bits per heavy atom. The molecule has 0 aliphatic heterocycles. The Balaban J connectivity index is 4.14. The number of ketones is 1. The van der Waals surface area contributed by atoms with E-state index in [1.807, 2.05) is 0 Å².